The van der Waals surface area contributed by atoms with E-state index in [2.05, 4.69) is 5.32 Å². The quantitative estimate of drug-likeness (QED) is 0.831. The van der Waals surface area contributed by atoms with Gasteiger partial charge in [-0.3, -0.25) is 4.79 Å². The maximum Gasteiger partial charge on any atom is 0.394 e. The molecule has 0 radical (unpaired) electrons. The van der Waals surface area contributed by atoms with Gasteiger partial charge in [0.1, 0.15) is 5.75 Å². The van der Waals surface area contributed by atoms with Crippen molar-refractivity contribution in [2.24, 2.45) is 11.8 Å². The average molecular weight is 388 g/mol. The van der Waals surface area contributed by atoms with Crippen LogP contribution >= 0.6 is 0 Å². The van der Waals surface area contributed by atoms with Gasteiger partial charge in [-0.05, 0) is 6.07 Å². The maximum absolute atomic E-state index is 13.1. The van der Waals surface area contributed by atoms with Gasteiger partial charge in [-0.15, -0.1) is 0 Å². The largest absolute Gasteiger partial charge is 0.491 e. The lowest BCUT2D eigenvalue weighted by Crippen LogP contribution is -2.35. The van der Waals surface area contributed by atoms with Crippen LogP contribution in [0.5, 0.6) is 5.75 Å². The summed E-state index contributed by atoms with van der Waals surface area (Å²) in [5, 5.41) is 11.6. The van der Waals surface area contributed by atoms with Crippen molar-refractivity contribution in [2.75, 3.05) is 32.1 Å². The first-order chi connectivity index (χ1) is 12.7. The number of carboxylic acid groups (broad SMARTS) is 1. The Hall–Kier alpha value is -2.49. The number of alkyl halides is 3. The molecule has 0 aromatic heterocycles. The molecule has 0 spiro atoms. The highest BCUT2D eigenvalue weighted by atomic mass is 19.4. The lowest BCUT2D eigenvalue weighted by molar-refractivity contribution is -0.187. The highest BCUT2D eigenvalue weighted by Crippen LogP contribution is 2.41. The lowest BCUT2D eigenvalue weighted by Gasteiger charge is -2.27. The van der Waals surface area contributed by atoms with Gasteiger partial charge < -0.3 is 24.8 Å². The van der Waals surface area contributed by atoms with Crippen molar-refractivity contribution in [3.63, 3.8) is 0 Å². The second-order valence-electron chi connectivity index (χ2n) is 6.51. The summed E-state index contributed by atoms with van der Waals surface area (Å²) < 4.78 is 50.2. The maximum atomic E-state index is 13.1. The first-order valence-electron chi connectivity index (χ1n) is 8.36. The molecule has 27 heavy (non-hydrogen) atoms. The molecular weight excluding hydrogens is 369 g/mol. The third-order valence-electron chi connectivity index (χ3n) is 4.89. The minimum Gasteiger partial charge on any atom is -0.491 e. The number of halogens is 3. The van der Waals surface area contributed by atoms with Crippen LogP contribution in [0.1, 0.15) is 18.1 Å². The van der Waals surface area contributed by atoms with Crippen molar-refractivity contribution in [1.29, 1.82) is 0 Å². The SMILES string of the molecule is COC1CCOc2c(NC(=O)N3C[C@@H](C(F)(F)F)[C@H](C(=O)O)C3)cccc21. The van der Waals surface area contributed by atoms with Gasteiger partial charge >= 0.3 is 18.2 Å². The van der Waals surface area contributed by atoms with E-state index in [9.17, 15) is 22.8 Å². The lowest BCUT2D eigenvalue weighted by atomic mass is 9.96. The van der Waals surface area contributed by atoms with Crippen LogP contribution in [-0.2, 0) is 9.53 Å². The van der Waals surface area contributed by atoms with Gasteiger partial charge in [0.05, 0.1) is 30.2 Å². The molecule has 7 nitrogen and oxygen atoms in total. The summed E-state index contributed by atoms with van der Waals surface area (Å²) in [5.41, 5.74) is 1.04. The fourth-order valence-electron chi connectivity index (χ4n) is 3.48. The number of carbonyl (C=O) groups excluding carboxylic acids is 1. The van der Waals surface area contributed by atoms with E-state index in [-0.39, 0.29) is 6.10 Å². The summed E-state index contributed by atoms with van der Waals surface area (Å²) >= 11 is 0. The number of urea groups is 1. The Balaban J connectivity index is 1.78. The summed E-state index contributed by atoms with van der Waals surface area (Å²) in [6.07, 6.45) is -4.26. The number of methoxy groups -OCH3 is 1. The van der Waals surface area contributed by atoms with E-state index in [0.29, 0.717) is 24.5 Å². The highest BCUT2D eigenvalue weighted by molar-refractivity contribution is 5.92. The van der Waals surface area contributed by atoms with Crippen molar-refractivity contribution >= 4 is 17.7 Å². The molecule has 0 saturated carbocycles. The first-order valence-corrected chi connectivity index (χ1v) is 8.36. The van der Waals surface area contributed by atoms with Gasteiger partial charge in [0.25, 0.3) is 0 Å². The van der Waals surface area contributed by atoms with Gasteiger partial charge in [0.2, 0.25) is 0 Å². The molecule has 2 aliphatic rings. The Kier molecular flexibility index (Phi) is 5.18. The number of nitrogens with one attached hydrogen (secondary N) is 1. The number of benzene rings is 1. The van der Waals surface area contributed by atoms with Crippen LogP contribution in [0.3, 0.4) is 0 Å². The van der Waals surface area contributed by atoms with E-state index in [1.54, 1.807) is 25.3 Å². The zero-order valence-electron chi connectivity index (χ0n) is 14.5. The summed E-state index contributed by atoms with van der Waals surface area (Å²) in [4.78, 5) is 24.5. The smallest absolute Gasteiger partial charge is 0.394 e. The molecule has 3 rings (SSSR count). The molecule has 2 heterocycles. The number of carboxylic acids is 1. The summed E-state index contributed by atoms with van der Waals surface area (Å²) in [5.74, 6) is -4.95. The van der Waals surface area contributed by atoms with Crippen LogP contribution in [0.25, 0.3) is 0 Å². The van der Waals surface area contributed by atoms with Gasteiger partial charge in [-0.2, -0.15) is 13.2 Å². The zero-order chi connectivity index (χ0) is 19.8. The third kappa shape index (κ3) is 3.80. The summed E-state index contributed by atoms with van der Waals surface area (Å²) in [6, 6.07) is 4.23. The van der Waals surface area contributed by atoms with E-state index in [1.807, 2.05) is 0 Å². The normalized spacial score (nSPS) is 24.9. The number of fused-ring (bicyclic) bond motifs is 1. The van der Waals surface area contributed by atoms with Gasteiger partial charge in [0, 0.05) is 32.2 Å². The number of para-hydroxylation sites is 1. The topological polar surface area (TPSA) is 88.1 Å². The van der Waals surface area contributed by atoms with E-state index in [1.165, 1.54) is 0 Å². The molecule has 3 atom stereocenters. The van der Waals surface area contributed by atoms with Crippen LogP contribution in [0.15, 0.2) is 18.2 Å². The monoisotopic (exact) mass is 388 g/mol. The van der Waals surface area contributed by atoms with Crippen LogP contribution in [-0.4, -0.2) is 55.0 Å². The standard InChI is InChI=1S/C17H19F3N2O5/c1-26-13-5-6-27-14-9(13)3-2-4-12(14)21-16(25)22-7-10(15(23)24)11(8-22)17(18,19)20/h2-4,10-11,13H,5-8H2,1H3,(H,21,25)(H,23,24)/t10-,11-,13?/m1/s1. The second-order valence-corrected chi connectivity index (χ2v) is 6.51. The first kappa shape index (κ1) is 19.3. The Morgan fingerprint density at radius 3 is 2.67 bits per heavy atom. The van der Waals surface area contributed by atoms with Crippen molar-refractivity contribution < 1.29 is 37.3 Å². The number of rotatable bonds is 3. The number of ether oxygens (including phenoxy) is 2. The number of nitrogens with zero attached hydrogens (tertiary/aromatic N) is 1. The number of amides is 2. The van der Waals surface area contributed by atoms with Crippen molar-refractivity contribution in [1.82, 2.24) is 4.90 Å². The zero-order valence-corrected chi connectivity index (χ0v) is 14.5. The number of carbonyl (C=O) groups is 2. The van der Waals surface area contributed by atoms with E-state index in [0.717, 1.165) is 10.5 Å². The fraction of sp³-hybridized carbons (Fsp3) is 0.529. The number of hydrogen-bond acceptors (Lipinski definition) is 4. The molecule has 1 aromatic rings. The van der Waals surface area contributed by atoms with Crippen molar-refractivity contribution in [2.45, 2.75) is 18.7 Å². The molecule has 148 valence electrons. The molecule has 0 aliphatic carbocycles. The molecule has 2 aliphatic heterocycles. The number of aliphatic carboxylic acids is 1. The minimum absolute atomic E-state index is 0.205. The Morgan fingerprint density at radius 1 is 1.33 bits per heavy atom. The Labute approximate surface area is 153 Å². The van der Waals surface area contributed by atoms with Gasteiger partial charge in [-0.1, -0.05) is 12.1 Å². The average Bonchev–Trinajstić information content (AvgIpc) is 3.08. The molecule has 2 N–H and O–H groups in total. The minimum atomic E-state index is -4.70. The predicted molar refractivity (Wildman–Crippen MR) is 87.6 cm³/mol. The number of anilines is 1. The molecule has 1 unspecified atom stereocenters. The van der Waals surface area contributed by atoms with Crippen molar-refractivity contribution in [3.05, 3.63) is 23.8 Å². The predicted octanol–water partition coefficient (Wildman–Crippen LogP) is 2.88. The van der Waals surface area contributed by atoms with Gasteiger partial charge in [-0.25, -0.2) is 4.79 Å². The Morgan fingerprint density at radius 2 is 2.07 bits per heavy atom. The van der Waals surface area contributed by atoms with E-state index >= 15 is 0 Å². The summed E-state index contributed by atoms with van der Waals surface area (Å²) in [6.45, 7) is -0.843. The summed E-state index contributed by atoms with van der Waals surface area (Å²) in [7, 11) is 1.55. The highest BCUT2D eigenvalue weighted by Gasteiger charge is 2.53. The molecule has 0 bridgehead atoms. The van der Waals surface area contributed by atoms with Crippen molar-refractivity contribution in [3.8, 4) is 5.75 Å². The Bertz CT molecular complexity index is 740. The van der Waals surface area contributed by atoms with Crippen LogP contribution in [0.4, 0.5) is 23.7 Å². The van der Waals surface area contributed by atoms with Crippen LogP contribution in [0, 0.1) is 11.8 Å². The second kappa shape index (κ2) is 7.26. The van der Waals surface area contributed by atoms with Crippen LogP contribution in [0.2, 0.25) is 0 Å². The molecule has 1 fully saturated rings. The van der Waals surface area contributed by atoms with E-state index in [4.69, 9.17) is 14.6 Å². The molecule has 1 aromatic carbocycles. The van der Waals surface area contributed by atoms with Gasteiger partial charge in [0.15, 0.2) is 0 Å². The molecule has 10 heteroatoms. The number of likely N-dealkylation sites (tertiary alicyclic amines) is 1. The number of hydrogen-bond donors (Lipinski definition) is 2. The molecular formula is C17H19F3N2O5. The molecule has 2 amide bonds. The van der Waals surface area contributed by atoms with E-state index < -0.39 is 43.1 Å². The van der Waals surface area contributed by atoms with Crippen LogP contribution < -0.4 is 10.1 Å². The molecule has 1 saturated heterocycles. The fourth-order valence-corrected chi connectivity index (χ4v) is 3.48. The third-order valence-corrected chi connectivity index (χ3v) is 4.89.